The van der Waals surface area contributed by atoms with E-state index in [0.29, 0.717) is 6.07 Å². The van der Waals surface area contributed by atoms with E-state index in [1.54, 1.807) is 6.92 Å². The van der Waals surface area contributed by atoms with E-state index in [0.717, 1.165) is 0 Å². The van der Waals surface area contributed by atoms with Crippen molar-refractivity contribution in [2.75, 3.05) is 37.6 Å². The van der Waals surface area contributed by atoms with Crippen molar-refractivity contribution >= 4 is 11.8 Å². The number of H-pyrrole nitrogens is 1. The summed E-state index contributed by atoms with van der Waals surface area (Å²) in [4.78, 5) is 29.6. The summed E-state index contributed by atoms with van der Waals surface area (Å²) in [5.41, 5.74) is -0.876. The van der Waals surface area contributed by atoms with E-state index >= 15 is 0 Å². The molecule has 0 aromatic carbocycles. The number of nitrogens with one attached hydrogen (secondary N) is 1. The maximum absolute atomic E-state index is 11.9. The first-order chi connectivity index (χ1) is 12.2. The number of esters is 1. The topological polar surface area (TPSA) is 84.5 Å². The second-order valence-corrected chi connectivity index (χ2v) is 3.40. The molecule has 7 nitrogen and oxygen atoms in total. The maximum Gasteiger partial charge on any atom is 0.313 e. The Balaban J connectivity index is 2.61. The van der Waals surface area contributed by atoms with Crippen LogP contribution in [0.4, 0.5) is 5.82 Å². The molecule has 19 heavy (non-hydrogen) atoms. The molecule has 1 N–H and O–H groups in total. The molecular weight excluding hydrogens is 250 g/mol. The number of hydrogen-bond donors (Lipinski definition) is 1. The van der Waals surface area contributed by atoms with Gasteiger partial charge in [0, 0.05) is 19.1 Å². The molecule has 1 saturated heterocycles. The predicted molar refractivity (Wildman–Crippen MR) is 68.2 cm³/mol. The molecule has 0 bridgehead atoms. The molecule has 2 rings (SSSR count). The average molecular weight is 275 g/mol. The molecule has 104 valence electrons. The number of aromatic nitrogens is 2. The lowest BCUT2D eigenvalue weighted by atomic mass is 10.3. The minimum atomic E-state index is -3.28. The summed E-state index contributed by atoms with van der Waals surface area (Å²) < 4.78 is 71.5. The van der Waals surface area contributed by atoms with Gasteiger partial charge in [-0.25, -0.2) is 4.98 Å². The third-order valence-electron chi connectivity index (χ3n) is 2.04. The van der Waals surface area contributed by atoms with E-state index < -0.39 is 49.9 Å². The molecule has 0 amide bonds. The molecule has 1 aromatic rings. The van der Waals surface area contributed by atoms with E-state index in [1.807, 2.05) is 0 Å². The van der Waals surface area contributed by atoms with Crippen LogP contribution in [0.25, 0.3) is 0 Å². The molecule has 1 aliphatic heterocycles. The zero-order chi connectivity index (χ0) is 20.8. The van der Waals surface area contributed by atoms with Crippen molar-refractivity contribution in [1.29, 1.82) is 0 Å². The maximum atomic E-state index is 11.9. The minimum absolute atomic E-state index is 0.0629. The molecule has 0 radical (unpaired) electrons. The van der Waals surface area contributed by atoms with Gasteiger partial charge in [-0.1, -0.05) is 0 Å². The molecule has 0 unspecified atom stereocenters. The molecule has 1 aromatic heterocycles. The number of carbonyl (C=O) groups is 1. The van der Waals surface area contributed by atoms with E-state index in [1.165, 1.54) is 0 Å². The van der Waals surface area contributed by atoms with E-state index in [9.17, 15) is 9.59 Å². The highest BCUT2D eigenvalue weighted by Gasteiger charge is 2.15. The van der Waals surface area contributed by atoms with Crippen molar-refractivity contribution < 1.29 is 25.2 Å². The van der Waals surface area contributed by atoms with Crippen molar-refractivity contribution in [2.24, 2.45) is 0 Å². The smallest absolute Gasteiger partial charge is 0.313 e. The lowest BCUT2D eigenvalue weighted by Gasteiger charge is -2.27. The first kappa shape index (κ1) is 6.51. The molecular formula is C12H17N3O4. The number of ether oxygens (including phenoxy) is 2. The number of nitrogens with zero attached hydrogens (tertiary/aromatic N) is 2. The van der Waals surface area contributed by atoms with Crippen LogP contribution in [0.15, 0.2) is 10.9 Å². The third kappa shape index (κ3) is 3.78. The van der Waals surface area contributed by atoms with Gasteiger partial charge in [0.1, 0.15) is 18.1 Å². The second kappa shape index (κ2) is 6.33. The SMILES string of the molecule is [2H]C1([2H])OC([2H])([2H])C([2H])([2H])N(c2cc(=O)[nH]c(CC(=O)OCC)n2)C1([2H])[2H]. The Bertz CT molecular complexity index is 771. The van der Waals surface area contributed by atoms with Gasteiger partial charge in [0.05, 0.1) is 30.7 Å². The molecule has 1 aliphatic rings. The molecule has 1 fully saturated rings. The Hall–Kier alpha value is -1.89. The van der Waals surface area contributed by atoms with Crippen molar-refractivity contribution in [2.45, 2.75) is 13.3 Å². The molecule has 2 heterocycles. The molecule has 0 aliphatic carbocycles. The van der Waals surface area contributed by atoms with Gasteiger partial charge in [-0.05, 0) is 6.92 Å². The fourth-order valence-electron chi connectivity index (χ4n) is 1.35. The Kier molecular flexibility index (Phi) is 2.17. The summed E-state index contributed by atoms with van der Waals surface area (Å²) in [6, 6.07) is 0.668. The van der Waals surface area contributed by atoms with Gasteiger partial charge in [0.25, 0.3) is 5.56 Å². The van der Waals surface area contributed by atoms with Crippen LogP contribution in [0.1, 0.15) is 23.7 Å². The summed E-state index contributed by atoms with van der Waals surface area (Å²) in [5.74, 6) is -1.74. The number of hydrogen-bond acceptors (Lipinski definition) is 6. The predicted octanol–water partition coefficient (Wildman–Crippen LogP) is -0.288. The lowest BCUT2D eigenvalue weighted by molar-refractivity contribution is -0.142. The fourth-order valence-corrected chi connectivity index (χ4v) is 1.35. The molecule has 7 heteroatoms. The highest BCUT2D eigenvalue weighted by molar-refractivity contribution is 5.71. The number of aromatic amines is 1. The first-order valence-electron chi connectivity index (χ1n) is 9.42. The van der Waals surface area contributed by atoms with Crippen LogP contribution in [0.5, 0.6) is 0 Å². The quantitative estimate of drug-likeness (QED) is 0.760. The Morgan fingerprint density at radius 1 is 1.63 bits per heavy atom. The molecule has 0 atom stereocenters. The van der Waals surface area contributed by atoms with Crippen molar-refractivity contribution in [3.05, 3.63) is 22.2 Å². The monoisotopic (exact) mass is 275 g/mol. The highest BCUT2D eigenvalue weighted by Crippen LogP contribution is 2.10. The van der Waals surface area contributed by atoms with Crippen LogP contribution in [0.2, 0.25) is 0 Å². The Morgan fingerprint density at radius 3 is 3.05 bits per heavy atom. The fraction of sp³-hybridized carbons (Fsp3) is 0.583. The average Bonchev–Trinajstić information content (AvgIpc) is 2.43. The first-order valence-corrected chi connectivity index (χ1v) is 5.42. The van der Waals surface area contributed by atoms with Crippen LogP contribution in [-0.4, -0.2) is 48.7 Å². The summed E-state index contributed by atoms with van der Waals surface area (Å²) >= 11 is 0. The molecule has 0 spiro atoms. The number of rotatable bonds is 4. The zero-order valence-corrected chi connectivity index (χ0v) is 10.0. The number of morpholine rings is 1. The van der Waals surface area contributed by atoms with E-state index in [4.69, 9.17) is 15.7 Å². The van der Waals surface area contributed by atoms with E-state index in [2.05, 4.69) is 14.7 Å². The summed E-state index contributed by atoms with van der Waals surface area (Å²) in [6.07, 6.45) is -0.507. The highest BCUT2D eigenvalue weighted by atomic mass is 16.5. The van der Waals surface area contributed by atoms with Gasteiger partial charge in [0.15, 0.2) is 0 Å². The van der Waals surface area contributed by atoms with Crippen LogP contribution in [0.3, 0.4) is 0 Å². The summed E-state index contributed by atoms with van der Waals surface area (Å²) in [6.45, 7) is -11.4. The van der Waals surface area contributed by atoms with Gasteiger partial charge in [0.2, 0.25) is 0 Å². The minimum Gasteiger partial charge on any atom is -0.466 e. The van der Waals surface area contributed by atoms with Crippen LogP contribution in [0, 0.1) is 0 Å². The van der Waals surface area contributed by atoms with Gasteiger partial charge in [-0.2, -0.15) is 0 Å². The lowest BCUT2D eigenvalue weighted by Crippen LogP contribution is -2.37. The number of anilines is 1. The molecule has 0 saturated carbocycles. The normalized spacial score (nSPS) is 32.2. The van der Waals surface area contributed by atoms with Crippen LogP contribution >= 0.6 is 0 Å². The Morgan fingerprint density at radius 2 is 2.37 bits per heavy atom. The van der Waals surface area contributed by atoms with Crippen LogP contribution in [-0.2, 0) is 20.7 Å². The summed E-state index contributed by atoms with van der Waals surface area (Å²) in [7, 11) is 0. The standard InChI is InChI=1S/C12H17N3O4/c1-2-19-12(17)7-9-13-10(8-11(16)14-9)15-3-5-18-6-4-15/h8H,2-7H2,1H3,(H,13,14,16)/i3D2,4D2,5D2,6D2. The van der Waals surface area contributed by atoms with Gasteiger partial charge in [-0.3, -0.25) is 9.59 Å². The van der Waals surface area contributed by atoms with Crippen molar-refractivity contribution in [3.63, 3.8) is 0 Å². The third-order valence-corrected chi connectivity index (χ3v) is 2.04. The van der Waals surface area contributed by atoms with Crippen molar-refractivity contribution in [1.82, 2.24) is 9.97 Å². The van der Waals surface area contributed by atoms with Gasteiger partial charge in [-0.15, -0.1) is 0 Å². The van der Waals surface area contributed by atoms with Crippen LogP contribution < -0.4 is 10.5 Å². The van der Waals surface area contributed by atoms with Gasteiger partial charge >= 0.3 is 5.97 Å². The van der Waals surface area contributed by atoms with Gasteiger partial charge < -0.3 is 19.4 Å². The Labute approximate surface area is 121 Å². The second-order valence-electron chi connectivity index (χ2n) is 3.40. The summed E-state index contributed by atoms with van der Waals surface area (Å²) in [5, 5.41) is 0. The largest absolute Gasteiger partial charge is 0.466 e. The zero-order valence-electron chi connectivity index (χ0n) is 18.0. The van der Waals surface area contributed by atoms with Crippen molar-refractivity contribution in [3.8, 4) is 0 Å². The number of carbonyl (C=O) groups excluding carboxylic acids is 1. The van der Waals surface area contributed by atoms with E-state index in [-0.39, 0.29) is 17.3 Å².